The van der Waals surface area contributed by atoms with Gasteiger partial charge in [-0.1, -0.05) is 6.08 Å². The van der Waals surface area contributed by atoms with Gasteiger partial charge in [-0.2, -0.15) is 5.10 Å². The number of hydrogen-bond acceptors (Lipinski definition) is 7. The zero-order valence-corrected chi connectivity index (χ0v) is 22.0. The third-order valence-electron chi connectivity index (χ3n) is 7.27. The summed E-state index contributed by atoms with van der Waals surface area (Å²) in [4.78, 5) is 35.6. The lowest BCUT2D eigenvalue weighted by atomic mass is 10.0. The van der Waals surface area contributed by atoms with Crippen molar-refractivity contribution in [2.45, 2.75) is 31.7 Å². The maximum Gasteiger partial charge on any atom is 0.259 e. The molecule has 210 valence electrons. The van der Waals surface area contributed by atoms with Gasteiger partial charge in [0.2, 0.25) is 0 Å². The lowest BCUT2D eigenvalue weighted by Crippen LogP contribution is -2.43. The molecule has 10 nitrogen and oxygen atoms in total. The molecule has 1 aliphatic carbocycles. The van der Waals surface area contributed by atoms with Crippen molar-refractivity contribution in [3.63, 3.8) is 0 Å². The minimum absolute atomic E-state index is 0.0329. The predicted octanol–water partition coefficient (Wildman–Crippen LogP) is 4.13. The minimum atomic E-state index is -0.739. The number of nitrogens with zero attached hydrogens (tertiary/aromatic N) is 5. The zero-order chi connectivity index (χ0) is 28.7. The summed E-state index contributed by atoms with van der Waals surface area (Å²) in [5.74, 6) is -1.68. The highest BCUT2D eigenvalue weighted by Crippen LogP contribution is 2.36. The molecule has 2 amide bonds. The van der Waals surface area contributed by atoms with E-state index >= 15 is 0 Å². The summed E-state index contributed by atoms with van der Waals surface area (Å²) in [7, 11) is 0. The Kier molecular flexibility index (Phi) is 6.82. The molecular formula is C29H27F2N7O3. The number of allylic oxidation sites excluding steroid dienone is 1. The first kappa shape index (κ1) is 26.4. The van der Waals surface area contributed by atoms with E-state index in [4.69, 9.17) is 21.3 Å². The predicted molar refractivity (Wildman–Crippen MR) is 146 cm³/mol. The van der Waals surface area contributed by atoms with Crippen molar-refractivity contribution in [3.8, 4) is 22.8 Å². The van der Waals surface area contributed by atoms with Gasteiger partial charge in [-0.15, -0.1) is 0 Å². The van der Waals surface area contributed by atoms with Crippen molar-refractivity contribution in [2.75, 3.05) is 18.8 Å². The van der Waals surface area contributed by atoms with Crippen LogP contribution >= 0.6 is 0 Å². The van der Waals surface area contributed by atoms with Crippen LogP contribution in [0.1, 0.15) is 31.7 Å². The van der Waals surface area contributed by atoms with Crippen LogP contribution in [0.25, 0.3) is 22.3 Å². The number of benzene rings is 2. The maximum atomic E-state index is 13.6. The quantitative estimate of drug-likeness (QED) is 0.197. The molecule has 6 rings (SSSR count). The molecule has 2 aromatic heterocycles. The number of ether oxygens (including phenoxy) is 1. The van der Waals surface area contributed by atoms with Gasteiger partial charge in [-0.3, -0.25) is 9.59 Å². The number of fused-ring (bicyclic) bond motifs is 1. The first-order valence-electron chi connectivity index (χ1n) is 13.3. The number of halogens is 2. The number of carbonyl (C=O) groups excluding carboxylic acids is 2. The minimum Gasteiger partial charge on any atom is -0.457 e. The molecule has 4 aromatic rings. The Morgan fingerprint density at radius 2 is 1.73 bits per heavy atom. The molecule has 1 atom stereocenters. The number of piperidine rings is 1. The topological polar surface area (TPSA) is 142 Å². The summed E-state index contributed by atoms with van der Waals surface area (Å²) < 4.78 is 34.5. The van der Waals surface area contributed by atoms with E-state index in [-0.39, 0.29) is 35.0 Å². The van der Waals surface area contributed by atoms with Crippen LogP contribution in [0.5, 0.6) is 11.5 Å². The van der Waals surface area contributed by atoms with Gasteiger partial charge in [0.25, 0.3) is 11.8 Å². The van der Waals surface area contributed by atoms with Crippen molar-refractivity contribution < 1.29 is 23.1 Å². The molecule has 1 saturated carbocycles. The molecule has 1 saturated heterocycles. The molecule has 0 bridgehead atoms. The molecule has 0 spiro atoms. The smallest absolute Gasteiger partial charge is 0.259 e. The van der Waals surface area contributed by atoms with Crippen molar-refractivity contribution in [1.82, 2.24) is 24.6 Å². The molecule has 2 fully saturated rings. The Morgan fingerprint density at radius 3 is 2.41 bits per heavy atom. The Morgan fingerprint density at radius 1 is 1.00 bits per heavy atom. The summed E-state index contributed by atoms with van der Waals surface area (Å²) in [5.41, 5.74) is 13.6. The van der Waals surface area contributed by atoms with Gasteiger partial charge in [0.15, 0.2) is 5.65 Å². The van der Waals surface area contributed by atoms with Crippen molar-refractivity contribution in [1.29, 1.82) is 0 Å². The van der Waals surface area contributed by atoms with E-state index in [9.17, 15) is 18.4 Å². The van der Waals surface area contributed by atoms with E-state index in [1.807, 2.05) is 0 Å². The van der Waals surface area contributed by atoms with Crippen molar-refractivity contribution in [3.05, 3.63) is 72.1 Å². The van der Waals surface area contributed by atoms with Crippen LogP contribution in [0.3, 0.4) is 0 Å². The number of primary amides is 1. The normalized spacial score (nSPS) is 17.6. The molecule has 0 unspecified atom stereocenters. The standard InChI is InChI=1S/C29H27F2N7O3/c30-18-11-19(31)13-22(12-18)41-21-7-5-17(6-8-21)25-24-26(32)34-15-35-28(24)38(36-25)20-2-1-9-37(14-20)29(40)23(27(33)39)10-16-3-4-16/h5-8,10-13,15-16,20H,1-4,9,14H2,(H2,33,39)(H2,32,34,35)/t20-/m1/s1. The van der Waals surface area contributed by atoms with E-state index in [0.29, 0.717) is 47.6 Å². The summed E-state index contributed by atoms with van der Waals surface area (Å²) in [6.07, 6.45) is 6.40. The highest BCUT2D eigenvalue weighted by atomic mass is 19.1. The van der Waals surface area contributed by atoms with E-state index in [1.54, 1.807) is 39.9 Å². The average molecular weight is 560 g/mol. The van der Waals surface area contributed by atoms with Crippen LogP contribution in [0.2, 0.25) is 0 Å². The molecule has 0 radical (unpaired) electrons. The zero-order valence-electron chi connectivity index (χ0n) is 22.0. The fourth-order valence-electron chi connectivity index (χ4n) is 5.12. The second-order valence-electron chi connectivity index (χ2n) is 10.3. The molecule has 1 aliphatic heterocycles. The lowest BCUT2D eigenvalue weighted by Gasteiger charge is -2.33. The molecule has 2 aliphatic rings. The largest absolute Gasteiger partial charge is 0.457 e. The number of likely N-dealkylation sites (tertiary alicyclic amines) is 1. The van der Waals surface area contributed by atoms with Gasteiger partial charge < -0.3 is 21.1 Å². The van der Waals surface area contributed by atoms with Crippen molar-refractivity contribution >= 4 is 28.7 Å². The number of nitrogens with two attached hydrogens (primary N) is 2. The van der Waals surface area contributed by atoms with Crippen LogP contribution in [-0.2, 0) is 9.59 Å². The number of rotatable bonds is 7. The SMILES string of the molecule is NC(=O)C(=CC1CC1)C(=O)N1CCC[C@@H](n2nc(-c3ccc(Oc4cc(F)cc(F)c4)cc3)c3c(N)ncnc32)C1. The first-order valence-corrected chi connectivity index (χ1v) is 13.3. The highest BCUT2D eigenvalue weighted by Gasteiger charge is 2.32. The Labute approximate surface area is 233 Å². The summed E-state index contributed by atoms with van der Waals surface area (Å²) in [5, 5.41) is 5.42. The van der Waals surface area contributed by atoms with Gasteiger partial charge >= 0.3 is 0 Å². The Bertz CT molecular complexity index is 1660. The lowest BCUT2D eigenvalue weighted by molar-refractivity contribution is -0.131. The highest BCUT2D eigenvalue weighted by molar-refractivity contribution is 6.17. The molecule has 4 N–H and O–H groups in total. The third-order valence-corrected chi connectivity index (χ3v) is 7.27. The number of carbonyl (C=O) groups is 2. The van der Waals surface area contributed by atoms with Gasteiger partial charge in [-0.25, -0.2) is 23.4 Å². The summed E-state index contributed by atoms with van der Waals surface area (Å²) in [6, 6.07) is 9.55. The molecule has 3 heterocycles. The van der Waals surface area contributed by atoms with E-state index in [1.165, 1.54) is 6.33 Å². The Hall–Kier alpha value is -4.87. The van der Waals surface area contributed by atoms with Crippen molar-refractivity contribution in [2.24, 2.45) is 11.7 Å². The summed E-state index contributed by atoms with van der Waals surface area (Å²) in [6.45, 7) is 0.829. The van der Waals surface area contributed by atoms with Gasteiger partial charge in [-0.05, 0) is 55.9 Å². The van der Waals surface area contributed by atoms with Crippen LogP contribution in [-0.4, -0.2) is 49.6 Å². The fraction of sp³-hybridized carbons (Fsp3) is 0.276. The monoisotopic (exact) mass is 559 g/mol. The summed E-state index contributed by atoms with van der Waals surface area (Å²) >= 11 is 0. The fourth-order valence-corrected chi connectivity index (χ4v) is 5.12. The van der Waals surface area contributed by atoms with Gasteiger partial charge in [0.1, 0.15) is 46.5 Å². The molecule has 41 heavy (non-hydrogen) atoms. The molecule has 2 aromatic carbocycles. The van der Waals surface area contributed by atoms with E-state index in [0.717, 1.165) is 37.5 Å². The number of amides is 2. The van der Waals surface area contributed by atoms with Crippen LogP contribution in [0, 0.1) is 17.6 Å². The maximum absolute atomic E-state index is 13.6. The molecular weight excluding hydrogens is 532 g/mol. The Balaban J connectivity index is 1.29. The van der Waals surface area contributed by atoms with Gasteiger partial charge in [0.05, 0.1) is 11.4 Å². The van der Waals surface area contributed by atoms with E-state index < -0.39 is 17.5 Å². The van der Waals surface area contributed by atoms with Crippen LogP contribution in [0.4, 0.5) is 14.6 Å². The number of anilines is 1. The number of aromatic nitrogens is 4. The second-order valence-corrected chi connectivity index (χ2v) is 10.3. The number of nitrogen functional groups attached to an aromatic ring is 1. The number of hydrogen-bond donors (Lipinski definition) is 2. The van der Waals surface area contributed by atoms with Gasteiger partial charge in [0, 0.05) is 36.9 Å². The third kappa shape index (κ3) is 5.45. The van der Waals surface area contributed by atoms with Crippen LogP contribution in [0.15, 0.2) is 60.4 Å². The van der Waals surface area contributed by atoms with E-state index in [2.05, 4.69) is 9.97 Å². The average Bonchev–Trinajstić information content (AvgIpc) is 3.69. The first-order chi connectivity index (χ1) is 19.8. The van der Waals surface area contributed by atoms with Crippen LogP contribution < -0.4 is 16.2 Å². The second kappa shape index (κ2) is 10.6. The molecule has 12 heteroatoms.